The molecular weight excluding hydrogens is 464 g/mol. The molecule has 10 N–H and O–H groups in total. The van der Waals surface area contributed by atoms with Gasteiger partial charge in [0.15, 0.2) is 0 Å². The van der Waals surface area contributed by atoms with Gasteiger partial charge >= 0.3 is 23.9 Å². The summed E-state index contributed by atoms with van der Waals surface area (Å²) in [5.74, 6) is -4.62. The molecule has 200 valence electrons. The summed E-state index contributed by atoms with van der Waals surface area (Å²) in [6.07, 6.45) is 3.33. The van der Waals surface area contributed by atoms with Crippen molar-refractivity contribution in [3.63, 3.8) is 0 Å². The van der Waals surface area contributed by atoms with E-state index in [4.69, 9.17) is 51.1 Å². The van der Waals surface area contributed by atoms with Crippen molar-refractivity contribution in [3.05, 3.63) is 50.6 Å². The van der Waals surface area contributed by atoms with Gasteiger partial charge in [0.25, 0.3) is 0 Å². The van der Waals surface area contributed by atoms with Gasteiger partial charge in [0.1, 0.15) is 0 Å². The highest BCUT2D eigenvalue weighted by Crippen LogP contribution is 1.88. The zero-order valence-corrected chi connectivity index (χ0v) is 18.6. The third-order valence-electron chi connectivity index (χ3n) is 2.25. The Hall–Kier alpha value is -3.40. The Morgan fingerprint density at radius 1 is 0.441 bits per heavy atom. The molecule has 0 aromatic heterocycles. The average Bonchev–Trinajstić information content (AvgIpc) is 2.83. The maximum atomic E-state index is 9.25. The van der Waals surface area contributed by atoms with E-state index in [1.54, 1.807) is 0 Å². The summed E-state index contributed by atoms with van der Waals surface area (Å²) >= 11 is 0. The molecule has 0 spiro atoms. The van der Waals surface area contributed by atoms with E-state index < -0.39 is 23.9 Å². The number of aliphatic carboxylic acids is 4. The number of carboxylic acid groups (broad SMARTS) is 4. The van der Waals surface area contributed by atoms with E-state index in [1.807, 2.05) is 0 Å². The molecule has 0 atom stereocenters. The normalized spacial score (nSPS) is 8.00. The van der Waals surface area contributed by atoms with Gasteiger partial charge < -0.3 is 51.1 Å². The zero-order chi connectivity index (χ0) is 28.5. The molecule has 0 radical (unpaired) electrons. The lowest BCUT2D eigenvalue weighted by atomic mass is 10.2. The Morgan fingerprint density at radius 2 is 0.529 bits per heavy atom. The molecule has 0 unspecified atom stereocenters. The first-order valence-electron chi connectivity index (χ1n) is 8.85. The van der Waals surface area contributed by atoms with Gasteiger partial charge in [-0.25, -0.2) is 19.2 Å². The number of aliphatic hydroxyl groups excluding tert-OH is 6. The number of hydrogen-bond acceptors (Lipinski definition) is 10. The first-order chi connectivity index (χ1) is 15.8. The molecule has 0 aliphatic rings. The Labute approximate surface area is 197 Å². The summed E-state index contributed by atoms with van der Waals surface area (Å²) in [5.41, 5.74) is 0. The molecule has 0 saturated carbocycles. The van der Waals surface area contributed by atoms with Gasteiger partial charge in [0.2, 0.25) is 0 Å². The summed E-state index contributed by atoms with van der Waals surface area (Å²) < 4.78 is 0. The minimum absolute atomic E-state index is 0.146. The SMILES string of the molecule is C=CC(=O)O.C=CC(=O)O.C=CC(=O)O.C=CC(=O)O.OCC(CO)CO.OCC(CO)CO. The summed E-state index contributed by atoms with van der Waals surface area (Å²) in [6, 6.07) is 0. The van der Waals surface area contributed by atoms with Crippen LogP contribution in [0.2, 0.25) is 0 Å². The van der Waals surface area contributed by atoms with Crippen molar-refractivity contribution in [2.24, 2.45) is 11.8 Å². The van der Waals surface area contributed by atoms with E-state index in [-0.39, 0.29) is 51.5 Å². The second kappa shape index (κ2) is 40.0. The van der Waals surface area contributed by atoms with Gasteiger partial charge in [-0.3, -0.25) is 0 Å². The molecule has 0 aromatic rings. The molecule has 34 heavy (non-hydrogen) atoms. The van der Waals surface area contributed by atoms with Crippen LogP contribution in [0.15, 0.2) is 50.6 Å². The van der Waals surface area contributed by atoms with Crippen LogP contribution < -0.4 is 0 Å². The van der Waals surface area contributed by atoms with Crippen LogP contribution in [0.5, 0.6) is 0 Å². The molecule has 0 rings (SSSR count). The first kappa shape index (κ1) is 44.3. The highest BCUT2D eigenvalue weighted by Gasteiger charge is 2.00. The number of rotatable bonds is 10. The highest BCUT2D eigenvalue weighted by molar-refractivity contribution is 5.79. The summed E-state index contributed by atoms with van der Waals surface area (Å²) in [7, 11) is 0. The van der Waals surface area contributed by atoms with Crippen molar-refractivity contribution >= 4 is 23.9 Å². The topological polar surface area (TPSA) is 271 Å². The van der Waals surface area contributed by atoms with Crippen LogP contribution >= 0.6 is 0 Å². The predicted octanol–water partition coefficient (Wildman–Crippen LogP) is -1.81. The van der Waals surface area contributed by atoms with E-state index in [1.165, 1.54) is 0 Å². The number of aliphatic hydroxyl groups is 6. The van der Waals surface area contributed by atoms with Crippen molar-refractivity contribution < 1.29 is 70.2 Å². The van der Waals surface area contributed by atoms with Crippen LogP contribution in [0.4, 0.5) is 0 Å². The number of hydrogen-bond donors (Lipinski definition) is 10. The molecule has 0 heterocycles. The van der Waals surface area contributed by atoms with Crippen LogP contribution in [-0.4, -0.2) is 115 Å². The van der Waals surface area contributed by atoms with Gasteiger partial charge in [-0.05, 0) is 0 Å². The van der Waals surface area contributed by atoms with Crippen molar-refractivity contribution in [2.45, 2.75) is 0 Å². The fourth-order valence-corrected chi connectivity index (χ4v) is 0.346. The first-order valence-corrected chi connectivity index (χ1v) is 8.85. The van der Waals surface area contributed by atoms with Gasteiger partial charge in [0.05, 0.1) is 39.6 Å². The van der Waals surface area contributed by atoms with Gasteiger partial charge in [-0.15, -0.1) is 0 Å². The zero-order valence-electron chi connectivity index (χ0n) is 18.6. The highest BCUT2D eigenvalue weighted by atomic mass is 16.4. The predicted molar refractivity (Wildman–Crippen MR) is 121 cm³/mol. The Balaban J connectivity index is -0.0000000697. The van der Waals surface area contributed by atoms with E-state index in [9.17, 15) is 19.2 Å². The smallest absolute Gasteiger partial charge is 0.327 e. The molecule has 0 amide bonds. The van der Waals surface area contributed by atoms with Crippen LogP contribution in [0.3, 0.4) is 0 Å². The largest absolute Gasteiger partial charge is 0.478 e. The van der Waals surface area contributed by atoms with Gasteiger partial charge in [-0.2, -0.15) is 0 Å². The Kier molecular flexibility index (Phi) is 52.1. The van der Waals surface area contributed by atoms with Crippen molar-refractivity contribution in [3.8, 4) is 0 Å². The second-order valence-electron chi connectivity index (χ2n) is 5.00. The maximum Gasteiger partial charge on any atom is 0.327 e. The molecule has 14 heteroatoms. The summed E-state index contributed by atoms with van der Waals surface area (Å²) in [6.45, 7) is 11.0. The monoisotopic (exact) mass is 500 g/mol. The Morgan fingerprint density at radius 3 is 0.529 bits per heavy atom. The third kappa shape index (κ3) is 79.1. The minimum atomic E-state index is -0.981. The lowest BCUT2D eigenvalue weighted by Gasteiger charge is -2.02. The van der Waals surface area contributed by atoms with E-state index >= 15 is 0 Å². The molecule has 14 nitrogen and oxygen atoms in total. The quantitative estimate of drug-likeness (QED) is 0.148. The molecule has 0 aromatic carbocycles. The fourth-order valence-electron chi connectivity index (χ4n) is 0.346. The molecular formula is C20H36O14. The van der Waals surface area contributed by atoms with E-state index in [0.717, 1.165) is 24.3 Å². The van der Waals surface area contributed by atoms with Crippen molar-refractivity contribution in [1.82, 2.24) is 0 Å². The van der Waals surface area contributed by atoms with Gasteiger partial charge in [0, 0.05) is 36.1 Å². The maximum absolute atomic E-state index is 9.25. The molecule has 0 fully saturated rings. The average molecular weight is 500 g/mol. The molecule has 0 aliphatic carbocycles. The lowest BCUT2D eigenvalue weighted by Crippen LogP contribution is -2.14. The summed E-state index contributed by atoms with van der Waals surface area (Å²) in [5, 5.41) is 79.7. The minimum Gasteiger partial charge on any atom is -0.478 e. The molecule has 0 aliphatic heterocycles. The van der Waals surface area contributed by atoms with Crippen molar-refractivity contribution in [2.75, 3.05) is 39.6 Å². The molecule has 0 bridgehead atoms. The molecule has 0 saturated heterocycles. The van der Waals surface area contributed by atoms with Crippen LogP contribution in [0.1, 0.15) is 0 Å². The third-order valence-corrected chi connectivity index (χ3v) is 2.25. The lowest BCUT2D eigenvalue weighted by molar-refractivity contribution is -0.132. The van der Waals surface area contributed by atoms with Gasteiger partial charge in [-0.1, -0.05) is 26.3 Å². The number of carbonyl (C=O) groups is 4. The second-order valence-corrected chi connectivity index (χ2v) is 5.00. The van der Waals surface area contributed by atoms with Crippen LogP contribution in [0.25, 0.3) is 0 Å². The van der Waals surface area contributed by atoms with Crippen LogP contribution in [-0.2, 0) is 19.2 Å². The standard InChI is InChI=1S/2C4H10O3.4C3H4O2/c2*5-1-4(2-6)3-7;4*1-2-3(4)5/h2*4-7H,1-3H2;4*2H,1H2,(H,4,5). The Bertz CT molecular complexity index is 442. The van der Waals surface area contributed by atoms with E-state index in [2.05, 4.69) is 26.3 Å². The summed E-state index contributed by atoms with van der Waals surface area (Å²) in [4.78, 5) is 37.0. The van der Waals surface area contributed by atoms with E-state index in [0.29, 0.717) is 0 Å². The number of carboxylic acids is 4. The van der Waals surface area contributed by atoms with Crippen LogP contribution in [0, 0.1) is 11.8 Å². The fraction of sp³-hybridized carbons (Fsp3) is 0.400. The van der Waals surface area contributed by atoms with Crippen molar-refractivity contribution in [1.29, 1.82) is 0 Å².